The molecule has 5 heteroatoms. The molecular weight excluding hydrogens is 226 g/mol. The minimum absolute atomic E-state index is 0.0998. The Labute approximate surface area is 100 Å². The molecule has 98 valence electrons. The number of amides is 1. The van der Waals surface area contributed by atoms with E-state index < -0.39 is 5.92 Å². The Morgan fingerprint density at radius 2 is 1.82 bits per heavy atom. The van der Waals surface area contributed by atoms with E-state index in [1.54, 1.807) is 0 Å². The fourth-order valence-electron chi connectivity index (χ4n) is 2.52. The highest BCUT2D eigenvalue weighted by atomic mass is 19.3. The molecule has 0 aromatic rings. The van der Waals surface area contributed by atoms with Crippen LogP contribution in [0, 0.1) is 5.92 Å². The zero-order valence-electron chi connectivity index (χ0n) is 9.98. The molecule has 1 amide bonds. The van der Waals surface area contributed by atoms with Crippen LogP contribution in [0.2, 0.25) is 0 Å². The van der Waals surface area contributed by atoms with Crippen molar-refractivity contribution in [2.45, 2.75) is 56.4 Å². The van der Waals surface area contributed by atoms with Gasteiger partial charge in [-0.2, -0.15) is 0 Å². The SMILES string of the molecule is NC1(CNC(=O)C2CCC(F)(F)CC2)CCC1. The Kier molecular flexibility index (Phi) is 3.39. The molecule has 3 nitrogen and oxygen atoms in total. The maximum Gasteiger partial charge on any atom is 0.248 e. The number of halogens is 2. The van der Waals surface area contributed by atoms with Gasteiger partial charge in [-0.25, -0.2) is 8.78 Å². The number of nitrogens with one attached hydrogen (secondary N) is 1. The third-order valence-electron chi connectivity index (χ3n) is 4.05. The Bertz CT molecular complexity index is 293. The number of rotatable bonds is 3. The second-order valence-corrected chi connectivity index (χ2v) is 5.56. The van der Waals surface area contributed by atoms with E-state index in [0.29, 0.717) is 6.54 Å². The molecule has 0 aliphatic heterocycles. The molecule has 0 spiro atoms. The van der Waals surface area contributed by atoms with Crippen LogP contribution < -0.4 is 11.1 Å². The van der Waals surface area contributed by atoms with Crippen LogP contribution in [0.25, 0.3) is 0 Å². The summed E-state index contributed by atoms with van der Waals surface area (Å²) in [7, 11) is 0. The Hall–Kier alpha value is -0.710. The fourth-order valence-corrected chi connectivity index (χ4v) is 2.52. The van der Waals surface area contributed by atoms with Gasteiger partial charge in [0.05, 0.1) is 0 Å². The highest BCUT2D eigenvalue weighted by Crippen LogP contribution is 2.36. The van der Waals surface area contributed by atoms with E-state index in [0.717, 1.165) is 19.3 Å². The second-order valence-electron chi connectivity index (χ2n) is 5.56. The molecule has 0 unspecified atom stereocenters. The number of carbonyl (C=O) groups excluding carboxylic acids is 1. The number of hydrogen-bond acceptors (Lipinski definition) is 2. The first-order valence-electron chi connectivity index (χ1n) is 6.35. The van der Waals surface area contributed by atoms with Crippen LogP contribution in [0.1, 0.15) is 44.9 Å². The van der Waals surface area contributed by atoms with Gasteiger partial charge in [-0.15, -0.1) is 0 Å². The molecule has 2 aliphatic carbocycles. The van der Waals surface area contributed by atoms with E-state index in [9.17, 15) is 13.6 Å². The summed E-state index contributed by atoms with van der Waals surface area (Å²) in [4.78, 5) is 11.8. The second kappa shape index (κ2) is 4.52. The van der Waals surface area contributed by atoms with Crippen molar-refractivity contribution in [3.8, 4) is 0 Å². The van der Waals surface area contributed by atoms with Crippen molar-refractivity contribution in [1.82, 2.24) is 5.32 Å². The van der Waals surface area contributed by atoms with Crippen molar-refractivity contribution in [3.63, 3.8) is 0 Å². The molecular formula is C12H20F2N2O. The van der Waals surface area contributed by atoms with Gasteiger partial charge in [-0.1, -0.05) is 0 Å². The van der Waals surface area contributed by atoms with E-state index in [1.807, 2.05) is 0 Å². The molecule has 17 heavy (non-hydrogen) atoms. The zero-order chi connectivity index (χ0) is 12.5. The maximum absolute atomic E-state index is 12.9. The lowest BCUT2D eigenvalue weighted by Gasteiger charge is -2.38. The first-order valence-corrected chi connectivity index (χ1v) is 6.35. The molecule has 0 bridgehead atoms. The minimum Gasteiger partial charge on any atom is -0.354 e. The molecule has 0 aromatic carbocycles. The normalized spacial score (nSPS) is 27.2. The van der Waals surface area contributed by atoms with Crippen LogP contribution in [-0.2, 0) is 4.79 Å². The van der Waals surface area contributed by atoms with Crippen LogP contribution in [-0.4, -0.2) is 23.9 Å². The monoisotopic (exact) mass is 246 g/mol. The quantitative estimate of drug-likeness (QED) is 0.798. The van der Waals surface area contributed by atoms with Crippen molar-refractivity contribution in [2.24, 2.45) is 11.7 Å². The predicted octanol–water partition coefficient (Wildman–Crippen LogP) is 1.81. The number of nitrogens with two attached hydrogens (primary N) is 1. The van der Waals surface area contributed by atoms with Crippen LogP contribution in [0.3, 0.4) is 0 Å². The van der Waals surface area contributed by atoms with Gasteiger partial charge < -0.3 is 11.1 Å². The van der Waals surface area contributed by atoms with E-state index in [-0.39, 0.29) is 43.0 Å². The predicted molar refractivity (Wildman–Crippen MR) is 60.7 cm³/mol. The van der Waals surface area contributed by atoms with Gasteiger partial charge in [0.15, 0.2) is 0 Å². The molecule has 0 atom stereocenters. The van der Waals surface area contributed by atoms with Crippen LogP contribution >= 0.6 is 0 Å². The van der Waals surface area contributed by atoms with Crippen molar-refractivity contribution in [2.75, 3.05) is 6.54 Å². The third-order valence-corrected chi connectivity index (χ3v) is 4.05. The first-order chi connectivity index (χ1) is 7.90. The molecule has 2 rings (SSSR count). The summed E-state index contributed by atoms with van der Waals surface area (Å²) in [6, 6.07) is 0. The Morgan fingerprint density at radius 1 is 1.24 bits per heavy atom. The standard InChI is InChI=1S/C12H20F2N2O/c13-12(14)6-2-9(3-7-12)10(17)16-8-11(15)4-1-5-11/h9H,1-8,15H2,(H,16,17). The number of alkyl halides is 2. The molecule has 2 fully saturated rings. The summed E-state index contributed by atoms with van der Waals surface area (Å²) in [6.45, 7) is 0.485. The Balaban J connectivity index is 1.73. The summed E-state index contributed by atoms with van der Waals surface area (Å²) in [6.07, 6.45) is 3.23. The van der Waals surface area contributed by atoms with E-state index in [4.69, 9.17) is 5.73 Å². The topological polar surface area (TPSA) is 55.1 Å². The lowest BCUT2D eigenvalue weighted by atomic mass is 9.77. The van der Waals surface area contributed by atoms with Crippen LogP contribution in [0.15, 0.2) is 0 Å². The fraction of sp³-hybridized carbons (Fsp3) is 0.917. The molecule has 0 radical (unpaired) electrons. The van der Waals surface area contributed by atoms with Gasteiger partial charge in [0, 0.05) is 30.8 Å². The maximum atomic E-state index is 12.9. The van der Waals surface area contributed by atoms with Gasteiger partial charge >= 0.3 is 0 Å². The minimum atomic E-state index is -2.57. The summed E-state index contributed by atoms with van der Waals surface area (Å²) in [5.74, 6) is -2.92. The van der Waals surface area contributed by atoms with Crippen molar-refractivity contribution < 1.29 is 13.6 Å². The van der Waals surface area contributed by atoms with Gasteiger partial charge in [0.2, 0.25) is 11.8 Å². The molecule has 3 N–H and O–H groups in total. The molecule has 2 aliphatic rings. The third kappa shape index (κ3) is 3.15. The smallest absolute Gasteiger partial charge is 0.248 e. The lowest BCUT2D eigenvalue weighted by Crippen LogP contribution is -2.55. The summed E-state index contributed by atoms with van der Waals surface area (Å²) in [5, 5.41) is 2.81. The molecule has 2 saturated carbocycles. The molecule has 0 aromatic heterocycles. The molecule has 0 heterocycles. The van der Waals surface area contributed by atoms with Gasteiger partial charge in [-0.05, 0) is 32.1 Å². The highest BCUT2D eigenvalue weighted by molar-refractivity contribution is 5.78. The Morgan fingerprint density at radius 3 is 2.29 bits per heavy atom. The van der Waals surface area contributed by atoms with Gasteiger partial charge in [-0.3, -0.25) is 4.79 Å². The van der Waals surface area contributed by atoms with Crippen molar-refractivity contribution >= 4 is 5.91 Å². The van der Waals surface area contributed by atoms with Crippen LogP contribution in [0.5, 0.6) is 0 Å². The van der Waals surface area contributed by atoms with Crippen molar-refractivity contribution in [1.29, 1.82) is 0 Å². The zero-order valence-corrected chi connectivity index (χ0v) is 9.98. The highest BCUT2D eigenvalue weighted by Gasteiger charge is 2.38. The average Bonchev–Trinajstić information content (AvgIpc) is 2.23. The number of hydrogen-bond donors (Lipinski definition) is 2. The first kappa shape index (κ1) is 12.7. The van der Waals surface area contributed by atoms with E-state index >= 15 is 0 Å². The van der Waals surface area contributed by atoms with Crippen molar-refractivity contribution in [3.05, 3.63) is 0 Å². The summed E-state index contributed by atoms with van der Waals surface area (Å²) < 4.78 is 25.9. The lowest BCUT2D eigenvalue weighted by molar-refractivity contribution is -0.129. The average molecular weight is 246 g/mol. The molecule has 0 saturated heterocycles. The van der Waals surface area contributed by atoms with E-state index in [2.05, 4.69) is 5.32 Å². The van der Waals surface area contributed by atoms with Crippen LogP contribution in [0.4, 0.5) is 8.78 Å². The van der Waals surface area contributed by atoms with Gasteiger partial charge in [0.1, 0.15) is 0 Å². The van der Waals surface area contributed by atoms with Gasteiger partial charge in [0.25, 0.3) is 0 Å². The summed E-state index contributed by atoms with van der Waals surface area (Å²) >= 11 is 0. The summed E-state index contributed by atoms with van der Waals surface area (Å²) in [5.41, 5.74) is 5.75. The number of carbonyl (C=O) groups is 1. The van der Waals surface area contributed by atoms with E-state index in [1.165, 1.54) is 0 Å². The largest absolute Gasteiger partial charge is 0.354 e.